The fourth-order valence-corrected chi connectivity index (χ4v) is 2.42. The molecule has 3 heterocycles. The maximum Gasteiger partial charge on any atom is 0.281 e. The fraction of sp³-hybridized carbons (Fsp3) is 0.357. The monoisotopic (exact) mass is 284 g/mol. The van der Waals surface area contributed by atoms with Crippen molar-refractivity contribution < 1.29 is 0 Å². The number of aromatic nitrogens is 6. The van der Waals surface area contributed by atoms with Gasteiger partial charge in [-0.1, -0.05) is 0 Å². The molecular formula is C14H16N6O. The van der Waals surface area contributed by atoms with Crippen molar-refractivity contribution in [3.63, 3.8) is 0 Å². The Morgan fingerprint density at radius 3 is 2.76 bits per heavy atom. The van der Waals surface area contributed by atoms with E-state index >= 15 is 0 Å². The lowest BCUT2D eigenvalue weighted by Gasteiger charge is -2.06. The van der Waals surface area contributed by atoms with Crippen molar-refractivity contribution in [1.29, 1.82) is 0 Å². The van der Waals surface area contributed by atoms with Gasteiger partial charge in [0.05, 0.1) is 5.69 Å². The molecule has 1 N–H and O–H groups in total. The molecule has 0 saturated carbocycles. The SMILES string of the molecule is Cc1n[nH]c(C)c1CCCn1cnc2nccnc2c1=O. The Balaban J connectivity index is 1.77. The van der Waals surface area contributed by atoms with Crippen molar-refractivity contribution in [3.05, 3.63) is 46.0 Å². The van der Waals surface area contributed by atoms with Crippen molar-refractivity contribution in [1.82, 2.24) is 29.7 Å². The minimum atomic E-state index is -0.145. The van der Waals surface area contributed by atoms with Crippen molar-refractivity contribution in [3.8, 4) is 0 Å². The molecule has 0 aliphatic rings. The quantitative estimate of drug-likeness (QED) is 0.776. The highest BCUT2D eigenvalue weighted by molar-refractivity contribution is 5.66. The van der Waals surface area contributed by atoms with Crippen LogP contribution >= 0.6 is 0 Å². The summed E-state index contributed by atoms with van der Waals surface area (Å²) in [6.07, 6.45) is 6.29. The van der Waals surface area contributed by atoms with Gasteiger partial charge in [0.1, 0.15) is 6.33 Å². The summed E-state index contributed by atoms with van der Waals surface area (Å²) in [4.78, 5) is 24.5. The number of aromatic amines is 1. The number of rotatable bonds is 4. The van der Waals surface area contributed by atoms with E-state index in [-0.39, 0.29) is 5.56 Å². The smallest absolute Gasteiger partial charge is 0.281 e. The summed E-state index contributed by atoms with van der Waals surface area (Å²) in [7, 11) is 0. The Hall–Kier alpha value is -2.57. The van der Waals surface area contributed by atoms with Crippen LogP contribution in [0.2, 0.25) is 0 Å². The Bertz CT molecular complexity index is 815. The Kier molecular flexibility index (Phi) is 3.47. The van der Waals surface area contributed by atoms with Crippen LogP contribution in [-0.2, 0) is 13.0 Å². The molecular weight excluding hydrogens is 268 g/mol. The number of hydrogen-bond donors (Lipinski definition) is 1. The van der Waals surface area contributed by atoms with Gasteiger partial charge in [-0.05, 0) is 32.3 Å². The predicted octanol–water partition coefficient (Wildman–Crippen LogP) is 1.16. The van der Waals surface area contributed by atoms with Gasteiger partial charge in [-0.2, -0.15) is 5.10 Å². The van der Waals surface area contributed by atoms with E-state index in [1.165, 1.54) is 24.3 Å². The second-order valence-electron chi connectivity index (χ2n) is 4.99. The molecule has 0 atom stereocenters. The van der Waals surface area contributed by atoms with Crippen molar-refractivity contribution in [2.24, 2.45) is 0 Å². The first kappa shape index (κ1) is 13.4. The zero-order valence-corrected chi connectivity index (χ0v) is 12.0. The highest BCUT2D eigenvalue weighted by Crippen LogP contribution is 2.12. The Labute approximate surface area is 121 Å². The summed E-state index contributed by atoms with van der Waals surface area (Å²) in [5, 5.41) is 7.15. The van der Waals surface area contributed by atoms with Gasteiger partial charge >= 0.3 is 0 Å². The maximum atomic E-state index is 12.3. The highest BCUT2D eigenvalue weighted by Gasteiger charge is 2.08. The molecule has 0 saturated heterocycles. The molecule has 0 aliphatic heterocycles. The van der Waals surface area contributed by atoms with Gasteiger partial charge in [0.15, 0.2) is 11.2 Å². The third kappa shape index (κ3) is 2.54. The number of nitrogens with one attached hydrogen (secondary N) is 1. The number of H-pyrrole nitrogens is 1. The van der Waals surface area contributed by atoms with Gasteiger partial charge in [0.2, 0.25) is 0 Å². The molecule has 108 valence electrons. The van der Waals surface area contributed by atoms with Gasteiger partial charge in [0.25, 0.3) is 5.56 Å². The average Bonchev–Trinajstić information content (AvgIpc) is 2.81. The Morgan fingerprint density at radius 1 is 1.19 bits per heavy atom. The molecule has 21 heavy (non-hydrogen) atoms. The van der Waals surface area contributed by atoms with E-state index in [1.807, 2.05) is 13.8 Å². The first-order valence-electron chi connectivity index (χ1n) is 6.83. The van der Waals surface area contributed by atoms with E-state index < -0.39 is 0 Å². The predicted molar refractivity (Wildman–Crippen MR) is 78.0 cm³/mol. The number of hydrogen-bond acceptors (Lipinski definition) is 5. The number of aryl methyl sites for hydroxylation is 3. The van der Waals surface area contributed by atoms with Crippen LogP contribution in [0.25, 0.3) is 11.2 Å². The van der Waals surface area contributed by atoms with Crippen LogP contribution in [0.15, 0.2) is 23.5 Å². The summed E-state index contributed by atoms with van der Waals surface area (Å²) < 4.78 is 1.59. The molecule has 7 heteroatoms. The van der Waals surface area contributed by atoms with E-state index in [0.717, 1.165) is 24.2 Å². The molecule has 7 nitrogen and oxygen atoms in total. The van der Waals surface area contributed by atoms with Crippen molar-refractivity contribution in [2.45, 2.75) is 33.2 Å². The van der Waals surface area contributed by atoms with Gasteiger partial charge in [-0.15, -0.1) is 0 Å². The molecule has 0 spiro atoms. The van der Waals surface area contributed by atoms with E-state index in [0.29, 0.717) is 17.7 Å². The maximum absolute atomic E-state index is 12.3. The van der Waals surface area contributed by atoms with Crippen LogP contribution in [0, 0.1) is 13.8 Å². The van der Waals surface area contributed by atoms with Crippen LogP contribution in [0.3, 0.4) is 0 Å². The van der Waals surface area contributed by atoms with E-state index in [2.05, 4.69) is 25.1 Å². The van der Waals surface area contributed by atoms with Crippen LogP contribution in [0.1, 0.15) is 23.4 Å². The molecule has 0 aromatic carbocycles. The second kappa shape index (κ2) is 5.43. The summed E-state index contributed by atoms with van der Waals surface area (Å²) in [6, 6.07) is 0. The fourth-order valence-electron chi connectivity index (χ4n) is 2.42. The van der Waals surface area contributed by atoms with Gasteiger partial charge < -0.3 is 0 Å². The first-order valence-corrected chi connectivity index (χ1v) is 6.83. The minimum absolute atomic E-state index is 0.145. The van der Waals surface area contributed by atoms with Gasteiger partial charge in [-0.3, -0.25) is 14.5 Å². The standard InChI is InChI=1S/C14H16N6O/c1-9-11(10(2)19-18-9)4-3-7-20-8-17-13-12(14(20)21)15-5-6-16-13/h5-6,8H,3-4,7H2,1-2H3,(H,18,19). The molecule has 3 rings (SSSR count). The summed E-state index contributed by atoms with van der Waals surface area (Å²) in [5.41, 5.74) is 3.88. The largest absolute Gasteiger partial charge is 0.297 e. The molecule has 3 aromatic rings. The summed E-state index contributed by atoms with van der Waals surface area (Å²) >= 11 is 0. The normalized spacial score (nSPS) is 11.1. The highest BCUT2D eigenvalue weighted by atomic mass is 16.1. The third-order valence-corrected chi connectivity index (χ3v) is 3.57. The van der Waals surface area contributed by atoms with Crippen LogP contribution < -0.4 is 5.56 Å². The van der Waals surface area contributed by atoms with Crippen molar-refractivity contribution in [2.75, 3.05) is 0 Å². The van der Waals surface area contributed by atoms with Crippen LogP contribution in [0.5, 0.6) is 0 Å². The van der Waals surface area contributed by atoms with Crippen LogP contribution in [0.4, 0.5) is 0 Å². The zero-order chi connectivity index (χ0) is 14.8. The molecule has 0 aliphatic carbocycles. The molecule has 0 amide bonds. The lowest BCUT2D eigenvalue weighted by atomic mass is 10.1. The van der Waals surface area contributed by atoms with Crippen molar-refractivity contribution >= 4 is 11.2 Å². The lowest BCUT2D eigenvalue weighted by molar-refractivity contribution is 0.614. The molecule has 0 radical (unpaired) electrons. The number of nitrogens with zero attached hydrogens (tertiary/aromatic N) is 5. The molecule has 0 bridgehead atoms. The van der Waals surface area contributed by atoms with E-state index in [4.69, 9.17) is 0 Å². The molecule has 0 fully saturated rings. The van der Waals surface area contributed by atoms with Gasteiger partial charge in [-0.25, -0.2) is 15.0 Å². The first-order chi connectivity index (χ1) is 10.2. The lowest BCUT2D eigenvalue weighted by Crippen LogP contribution is -2.22. The second-order valence-corrected chi connectivity index (χ2v) is 4.99. The summed E-state index contributed by atoms with van der Waals surface area (Å²) in [5.74, 6) is 0. The topological polar surface area (TPSA) is 89.3 Å². The average molecular weight is 284 g/mol. The Morgan fingerprint density at radius 2 is 2.00 bits per heavy atom. The van der Waals surface area contributed by atoms with E-state index in [1.54, 1.807) is 4.57 Å². The van der Waals surface area contributed by atoms with Gasteiger partial charge in [0, 0.05) is 24.6 Å². The zero-order valence-electron chi connectivity index (χ0n) is 12.0. The van der Waals surface area contributed by atoms with Crippen LogP contribution in [-0.4, -0.2) is 29.7 Å². The minimum Gasteiger partial charge on any atom is -0.297 e. The molecule has 3 aromatic heterocycles. The summed E-state index contributed by atoms with van der Waals surface area (Å²) in [6.45, 7) is 4.59. The molecule has 0 unspecified atom stereocenters. The number of fused-ring (bicyclic) bond motifs is 1. The third-order valence-electron chi connectivity index (χ3n) is 3.57. The van der Waals surface area contributed by atoms with E-state index in [9.17, 15) is 4.79 Å².